The normalized spacial score (nSPS) is 16.9. The Balaban J connectivity index is 1.22. The van der Waals surface area contributed by atoms with Crippen LogP contribution in [0.1, 0.15) is 31.5 Å². The summed E-state index contributed by atoms with van der Waals surface area (Å²) >= 11 is 0. The lowest BCUT2D eigenvalue weighted by molar-refractivity contribution is 0.599. The zero-order valence-electron chi connectivity index (χ0n) is 55.3. The molecule has 0 bridgehead atoms. The molecule has 0 amide bonds. The van der Waals surface area contributed by atoms with Gasteiger partial charge < -0.3 is 4.42 Å². The van der Waals surface area contributed by atoms with Crippen LogP contribution in [0.5, 0.6) is 0 Å². The van der Waals surface area contributed by atoms with E-state index in [0.717, 1.165) is 10.8 Å². The van der Waals surface area contributed by atoms with Crippen LogP contribution < -0.4 is 0 Å². The minimum atomic E-state index is -1.01. The van der Waals surface area contributed by atoms with E-state index in [-0.39, 0.29) is 21.9 Å². The quantitative estimate of drug-likeness (QED) is 0.157. The van der Waals surface area contributed by atoms with Crippen LogP contribution in [-0.2, 0) is 0 Å². The number of furan rings is 1. The van der Waals surface area contributed by atoms with E-state index in [1.54, 1.807) is 42.6 Å². The predicted molar refractivity (Wildman–Crippen MR) is 263 cm³/mol. The summed E-state index contributed by atoms with van der Waals surface area (Å²) in [5.41, 5.74) is -2.39. The van der Waals surface area contributed by atoms with Crippen molar-refractivity contribution in [2.75, 3.05) is 0 Å². The van der Waals surface area contributed by atoms with Crippen molar-refractivity contribution in [2.45, 2.75) is 0 Å². The van der Waals surface area contributed by atoms with Crippen LogP contribution in [0.4, 0.5) is 0 Å². The molecule has 0 atom stereocenters. The molecule has 10 aromatic carbocycles. The maximum Gasteiger partial charge on any atom is 0.143 e. The minimum Gasteiger partial charge on any atom is -0.455 e. The third-order valence-corrected chi connectivity index (χ3v) is 11.2. The zero-order valence-corrected chi connectivity index (χ0v) is 32.3. The first-order valence-electron chi connectivity index (χ1n) is 31.1. The molecule has 0 aliphatic rings. The molecule has 0 saturated heterocycles. The van der Waals surface area contributed by atoms with Gasteiger partial charge in [-0.2, -0.15) is 0 Å². The molecule has 3 heterocycles. The fourth-order valence-electron chi connectivity index (χ4n) is 8.45. The SMILES string of the molecule is [2H]c1c([2H])c([2H])c(-c2c(-c3c([2H])c([2H])c([2H])c(-c4ccc(-c5ccc6ccc7cccnc7c6n5)c5ccccc45)c3[2H])oc(-c3c([2H])c([2H])c4c([2H])c([2H])c5c([2H])c([2H])c([2H])c6c([2H])c([2H])c3c4c56)c2-c2c([2H])c([2H])c([2H])c([2H])c2[2H])c([2H])c1[2H]. The highest BCUT2D eigenvalue weighted by molar-refractivity contribution is 6.26. The minimum absolute atomic E-state index is 0.156. The Kier molecular flexibility index (Phi) is 4.37. The van der Waals surface area contributed by atoms with Gasteiger partial charge in [-0.25, -0.2) is 4.98 Å². The van der Waals surface area contributed by atoms with Crippen LogP contribution in [0.15, 0.2) is 222 Å². The number of nitrogens with zero attached hydrogens (tertiary/aromatic N) is 2. The fourth-order valence-corrected chi connectivity index (χ4v) is 8.45. The molecule has 3 aromatic heterocycles. The number of hydrogen-bond acceptors (Lipinski definition) is 3. The van der Waals surface area contributed by atoms with Gasteiger partial charge in [-0.3, -0.25) is 4.98 Å². The second-order valence-corrected chi connectivity index (χ2v) is 14.6. The average Bonchev–Trinajstić information content (AvgIpc) is 1.04. The van der Waals surface area contributed by atoms with Crippen molar-refractivity contribution in [3.63, 3.8) is 0 Å². The summed E-state index contributed by atoms with van der Waals surface area (Å²) < 4.78 is 220. The molecule has 13 aromatic rings. The van der Waals surface area contributed by atoms with E-state index in [4.69, 9.17) is 23.1 Å². The van der Waals surface area contributed by atoms with Crippen LogP contribution in [0.2, 0.25) is 0 Å². The van der Waals surface area contributed by atoms with E-state index in [0.29, 0.717) is 33.1 Å². The molecule has 0 saturated carbocycles. The van der Waals surface area contributed by atoms with E-state index in [9.17, 15) is 17.8 Å². The molecular weight excluding hydrogens is 765 g/mol. The van der Waals surface area contributed by atoms with Gasteiger partial charge in [0.05, 0.1) is 48.3 Å². The summed E-state index contributed by atoms with van der Waals surface area (Å²) in [5, 5.41) is 0.0596. The molecule has 0 aliphatic heterocycles. The van der Waals surface area contributed by atoms with Crippen LogP contribution in [0.3, 0.4) is 0 Å². The molecule has 3 heteroatoms. The molecule has 3 nitrogen and oxygen atoms in total. The Morgan fingerprint density at radius 1 is 0.381 bits per heavy atom. The van der Waals surface area contributed by atoms with E-state index in [2.05, 4.69) is 4.98 Å². The van der Waals surface area contributed by atoms with Gasteiger partial charge in [0.25, 0.3) is 0 Å². The maximum atomic E-state index is 10.3. The number of fused-ring (bicyclic) bond motifs is 4. The predicted octanol–water partition coefficient (Wildman–Crippen LogP) is 16.4. The van der Waals surface area contributed by atoms with Crippen molar-refractivity contribution in [3.05, 3.63) is 218 Å². The summed E-state index contributed by atoms with van der Waals surface area (Å²) in [6.45, 7) is 0. The second-order valence-electron chi connectivity index (χ2n) is 14.6. The smallest absolute Gasteiger partial charge is 0.143 e. The van der Waals surface area contributed by atoms with Crippen molar-refractivity contribution < 1.29 is 35.9 Å². The highest BCUT2D eigenvalue weighted by Gasteiger charge is 2.27. The van der Waals surface area contributed by atoms with Gasteiger partial charge in [0.2, 0.25) is 0 Å². The molecule has 0 N–H and O–H groups in total. The molecule has 292 valence electrons. The molecule has 0 spiro atoms. The van der Waals surface area contributed by atoms with Gasteiger partial charge in [-0.05, 0) is 89.6 Å². The van der Waals surface area contributed by atoms with Crippen molar-refractivity contribution in [1.82, 2.24) is 9.97 Å². The third-order valence-electron chi connectivity index (χ3n) is 11.2. The average molecular weight is 824 g/mol. The maximum absolute atomic E-state index is 10.3. The van der Waals surface area contributed by atoms with E-state index in [1.165, 1.54) is 0 Å². The lowest BCUT2D eigenvalue weighted by Crippen LogP contribution is -1.91. The van der Waals surface area contributed by atoms with Gasteiger partial charge in [-0.15, -0.1) is 0 Å². The monoisotopic (exact) mass is 823 g/mol. The van der Waals surface area contributed by atoms with Crippen molar-refractivity contribution in [1.29, 1.82) is 0 Å². The van der Waals surface area contributed by atoms with Gasteiger partial charge in [0.1, 0.15) is 11.5 Å². The molecule has 0 radical (unpaired) electrons. The zero-order chi connectivity index (χ0) is 61.4. The molecular formula is C60H36N2O. The first-order valence-corrected chi connectivity index (χ1v) is 19.6. The molecule has 63 heavy (non-hydrogen) atoms. The summed E-state index contributed by atoms with van der Waals surface area (Å²) in [5.74, 6) is -1.72. The number of pyridine rings is 2. The number of hydrogen-bond donors (Lipinski definition) is 0. The van der Waals surface area contributed by atoms with Gasteiger partial charge in [0, 0.05) is 44.8 Å². The van der Waals surface area contributed by atoms with Crippen LogP contribution >= 0.6 is 0 Å². The van der Waals surface area contributed by atoms with E-state index < -0.39 is 205 Å². The summed E-state index contributed by atoms with van der Waals surface area (Å²) in [6.07, 6.45) is 1.67. The Morgan fingerprint density at radius 3 is 1.76 bits per heavy atom. The largest absolute Gasteiger partial charge is 0.455 e. The van der Waals surface area contributed by atoms with Crippen LogP contribution in [0.25, 0.3) is 132 Å². The topological polar surface area (TPSA) is 38.9 Å². The van der Waals surface area contributed by atoms with Crippen molar-refractivity contribution in [2.24, 2.45) is 0 Å². The van der Waals surface area contributed by atoms with Crippen molar-refractivity contribution in [3.8, 4) is 67.3 Å². The Bertz CT molecular complexity index is 5210. The van der Waals surface area contributed by atoms with Crippen LogP contribution in [0, 0.1) is 0 Å². The lowest BCUT2D eigenvalue weighted by atomic mass is 9.88. The highest BCUT2D eigenvalue weighted by atomic mass is 16.3. The standard InChI is InChI=1S/C60H36N2O/c1-3-12-37(13-4-1)55-56(38-14-5-2-6-15-38)60(51-31-28-41-24-23-39-16-9-17-40-27-30-50(51)54(41)53(39)40)63-59(55)45-19-10-18-44(36-45)46-32-33-49(48-22-8-7-21-47(46)48)52-34-29-43-26-25-42-20-11-35-61-57(42)58(43)62-52/h1-36H/i1D,2D,3D,4D,5D,6D,9D,10D,12D,13D,14D,15D,16D,17D,18D,19D,23D,24D,27D,28D,30D,31D,36D. The summed E-state index contributed by atoms with van der Waals surface area (Å²) in [6, 6.07) is 1.49. The number of benzene rings is 10. The molecule has 13 rings (SSSR count). The van der Waals surface area contributed by atoms with Gasteiger partial charge >= 0.3 is 0 Å². The van der Waals surface area contributed by atoms with Crippen LogP contribution in [-0.4, -0.2) is 9.97 Å². The van der Waals surface area contributed by atoms with E-state index in [1.807, 2.05) is 36.4 Å². The first kappa shape index (κ1) is 19.5. The Labute approximate surface area is 395 Å². The summed E-state index contributed by atoms with van der Waals surface area (Å²) in [7, 11) is 0. The number of aromatic nitrogens is 2. The molecule has 0 unspecified atom stereocenters. The van der Waals surface area contributed by atoms with Gasteiger partial charge in [-0.1, -0.05) is 188 Å². The van der Waals surface area contributed by atoms with Crippen molar-refractivity contribution >= 4 is 64.9 Å². The highest BCUT2D eigenvalue weighted by Crippen LogP contribution is 2.51. The van der Waals surface area contributed by atoms with Gasteiger partial charge in [0.15, 0.2) is 0 Å². The Morgan fingerprint density at radius 2 is 0.984 bits per heavy atom. The first-order chi connectivity index (χ1) is 40.8. The Hall–Kier alpha value is -8.40. The summed E-state index contributed by atoms with van der Waals surface area (Å²) in [4.78, 5) is 9.66. The van der Waals surface area contributed by atoms with E-state index >= 15 is 0 Å². The second kappa shape index (κ2) is 14.1. The fraction of sp³-hybridized carbons (Fsp3) is 0. The molecule has 0 fully saturated rings. The lowest BCUT2D eigenvalue weighted by Gasteiger charge is -2.14. The molecule has 0 aliphatic carbocycles. The third kappa shape index (κ3) is 5.60. The number of rotatable bonds is 6.